The normalized spacial score (nSPS) is 17.9. The van der Waals surface area contributed by atoms with E-state index >= 15 is 0 Å². The lowest BCUT2D eigenvalue weighted by atomic mass is 9.72. The van der Waals surface area contributed by atoms with Crippen LogP contribution in [0.25, 0.3) is 73.0 Å². The summed E-state index contributed by atoms with van der Waals surface area (Å²) in [6, 6.07) is 45.5. The molecular formula is C87H100. The third kappa shape index (κ3) is 9.23. The Labute approximate surface area is 525 Å². The lowest BCUT2D eigenvalue weighted by Crippen LogP contribution is -2.20. The van der Waals surface area contributed by atoms with Crippen LogP contribution in [-0.4, -0.2) is 0 Å². The quantitative estimate of drug-likeness (QED) is 0.165. The van der Waals surface area contributed by atoms with E-state index in [2.05, 4.69) is 294 Å². The molecule has 0 heterocycles. The monoisotopic (exact) mass is 1140 g/mol. The van der Waals surface area contributed by atoms with E-state index in [1.54, 1.807) is 5.56 Å². The summed E-state index contributed by atoms with van der Waals surface area (Å²) in [5.74, 6) is 0.208. The molecule has 0 heteroatoms. The molecule has 0 bridgehead atoms. The third-order valence-corrected chi connectivity index (χ3v) is 22.1. The summed E-state index contributed by atoms with van der Waals surface area (Å²) in [5.41, 5.74) is 38.4. The second-order valence-electron chi connectivity index (χ2n) is 35.4. The summed E-state index contributed by atoms with van der Waals surface area (Å²) in [6.07, 6.45) is 10.9. The number of benzene rings is 8. The lowest BCUT2D eigenvalue weighted by molar-refractivity contribution is 0.578. The molecule has 0 radical (unpaired) electrons. The molecule has 0 aromatic heterocycles. The van der Waals surface area contributed by atoms with E-state index in [4.69, 9.17) is 0 Å². The minimum atomic E-state index is -0.153. The number of hydrogen-bond acceptors (Lipinski definition) is 0. The summed E-state index contributed by atoms with van der Waals surface area (Å²) in [4.78, 5) is 0. The number of hydrogen-bond donors (Lipinski definition) is 0. The lowest BCUT2D eigenvalue weighted by Gasteiger charge is -2.32. The fraction of sp³-hybridized carbons (Fsp3) is 0.425. The van der Waals surface area contributed by atoms with Crippen molar-refractivity contribution in [3.63, 3.8) is 0 Å². The molecule has 0 saturated heterocycles. The topological polar surface area (TPSA) is 0 Å². The Hall–Kier alpha value is -6.50. The number of allylic oxidation sites excluding steroid dienone is 2. The van der Waals surface area contributed by atoms with Crippen molar-refractivity contribution in [2.24, 2.45) is 0 Å². The van der Waals surface area contributed by atoms with Crippen LogP contribution in [0.2, 0.25) is 0 Å². The molecule has 0 aliphatic heterocycles. The SMILES string of the molecule is CC(C)(C)c1ccc2c(c1)C(C)(C)c1cc(C(C)(C)C)cc(C3=Cc4c(c5c(c6cc(-c7cc(C(C)(C)C)cc8c7-c7ccc(C(C)(C)C)cc7C8(C)C)ccc46)C=CC(c4cc(C(C)(C)C)cc6c4-c4ccc(C(C)(C)C)cc4C6(C)C)C5)CC3)c1-2. The van der Waals surface area contributed by atoms with Crippen molar-refractivity contribution in [2.45, 2.75) is 240 Å². The highest BCUT2D eigenvalue weighted by Crippen LogP contribution is 2.59. The Bertz CT molecular complexity index is 4340. The minimum Gasteiger partial charge on any atom is -0.0760 e. The zero-order valence-electron chi connectivity index (χ0n) is 57.8. The van der Waals surface area contributed by atoms with Gasteiger partial charge in [-0.25, -0.2) is 0 Å². The summed E-state index contributed by atoms with van der Waals surface area (Å²) >= 11 is 0. The fourth-order valence-electron chi connectivity index (χ4n) is 16.2. The van der Waals surface area contributed by atoms with Crippen LogP contribution >= 0.6 is 0 Å². The number of fused-ring (bicyclic) bond motifs is 15. The molecule has 0 amide bonds. The first-order valence-corrected chi connectivity index (χ1v) is 33.2. The molecule has 0 fully saturated rings. The molecule has 1 unspecified atom stereocenters. The molecule has 0 saturated carbocycles. The Kier molecular flexibility index (Phi) is 12.8. The van der Waals surface area contributed by atoms with Crippen molar-refractivity contribution >= 4 is 28.5 Å². The largest absolute Gasteiger partial charge is 0.0760 e. The second kappa shape index (κ2) is 18.8. The molecule has 87 heavy (non-hydrogen) atoms. The van der Waals surface area contributed by atoms with Crippen molar-refractivity contribution in [1.29, 1.82) is 0 Å². The van der Waals surface area contributed by atoms with Crippen LogP contribution in [0.1, 0.15) is 279 Å². The van der Waals surface area contributed by atoms with Gasteiger partial charge in [0.05, 0.1) is 0 Å². The molecule has 5 aliphatic carbocycles. The molecule has 0 N–H and O–H groups in total. The summed E-state index contributed by atoms with van der Waals surface area (Å²) in [5, 5.41) is 2.74. The molecule has 1 atom stereocenters. The van der Waals surface area contributed by atoms with Gasteiger partial charge < -0.3 is 0 Å². The van der Waals surface area contributed by atoms with Gasteiger partial charge in [0, 0.05) is 22.2 Å². The highest BCUT2D eigenvalue weighted by atomic mass is 14.5. The van der Waals surface area contributed by atoms with E-state index in [0.29, 0.717) is 0 Å². The third-order valence-electron chi connectivity index (χ3n) is 22.1. The highest BCUT2D eigenvalue weighted by Gasteiger charge is 2.44. The van der Waals surface area contributed by atoms with Crippen LogP contribution < -0.4 is 0 Å². The Morgan fingerprint density at radius 2 is 0.736 bits per heavy atom. The van der Waals surface area contributed by atoms with E-state index < -0.39 is 0 Å². The molecule has 5 aliphatic rings. The summed E-state index contributed by atoms with van der Waals surface area (Å²) < 4.78 is 0. The van der Waals surface area contributed by atoms with Crippen molar-refractivity contribution < 1.29 is 0 Å². The number of rotatable bonds is 3. The van der Waals surface area contributed by atoms with Gasteiger partial charge in [0.15, 0.2) is 0 Å². The van der Waals surface area contributed by atoms with Gasteiger partial charge >= 0.3 is 0 Å². The predicted octanol–water partition coefficient (Wildman–Crippen LogP) is 24.1. The predicted molar refractivity (Wildman–Crippen MR) is 379 cm³/mol. The van der Waals surface area contributed by atoms with Crippen LogP contribution in [-0.2, 0) is 61.6 Å². The molecule has 448 valence electrons. The summed E-state index contributed by atoms with van der Waals surface area (Å²) in [6.45, 7) is 57.7. The Morgan fingerprint density at radius 1 is 0.333 bits per heavy atom. The van der Waals surface area contributed by atoms with Gasteiger partial charge in [-0.15, -0.1) is 0 Å². The van der Waals surface area contributed by atoms with E-state index in [1.165, 1.54) is 155 Å². The van der Waals surface area contributed by atoms with Crippen molar-refractivity contribution in [2.75, 3.05) is 0 Å². The Balaban J connectivity index is 1.07. The molecular weight excluding hydrogens is 1040 g/mol. The van der Waals surface area contributed by atoms with Gasteiger partial charge in [0.2, 0.25) is 0 Å². The Morgan fingerprint density at radius 3 is 1.20 bits per heavy atom. The van der Waals surface area contributed by atoms with Crippen molar-refractivity contribution in [3.05, 3.63) is 215 Å². The smallest absolute Gasteiger partial charge is 0.0159 e. The first-order chi connectivity index (χ1) is 40.2. The second-order valence-corrected chi connectivity index (χ2v) is 35.4. The van der Waals surface area contributed by atoms with Crippen LogP contribution in [0.5, 0.6) is 0 Å². The molecule has 0 nitrogen and oxygen atoms in total. The molecule has 8 aromatic rings. The fourth-order valence-corrected chi connectivity index (χ4v) is 16.2. The van der Waals surface area contributed by atoms with Crippen molar-refractivity contribution in [1.82, 2.24) is 0 Å². The van der Waals surface area contributed by atoms with Crippen LogP contribution in [0.3, 0.4) is 0 Å². The molecule has 8 aromatic carbocycles. The maximum Gasteiger partial charge on any atom is 0.0159 e. The van der Waals surface area contributed by atoms with Crippen molar-refractivity contribution in [3.8, 4) is 44.5 Å². The van der Waals surface area contributed by atoms with Crippen LogP contribution in [0.15, 0.2) is 115 Å². The summed E-state index contributed by atoms with van der Waals surface area (Å²) in [7, 11) is 0. The maximum atomic E-state index is 2.69. The molecule has 0 spiro atoms. The zero-order chi connectivity index (χ0) is 62.8. The average Bonchev–Trinajstić information content (AvgIpc) is 1.67. The van der Waals surface area contributed by atoms with Gasteiger partial charge in [0.1, 0.15) is 0 Å². The highest BCUT2D eigenvalue weighted by molar-refractivity contribution is 6.07. The standard InChI is InChI=1S/C87H100/c1-79(2,3)52-28-34-61-70(43-52)85(19,20)73-46-55(82(10,11)12)40-64(76(61)73)49-25-31-58-67(37-49)59-32-26-50(65-41-56(83(13,14)15)47-74-77(65)62-35-29-53(80(4,5)6)44-71(62)86(74,21)22)39-69(59)60-33-27-51(38-68(58)60)66-42-57(84(16,17)18)48-75-78(66)63-36-30-54(81(7,8)9)45-72(63)87(75,23)24/h25-26,28-32,34-38,40-48,50H,27,33,39H2,1-24H3. The van der Waals surface area contributed by atoms with E-state index in [-0.39, 0.29) is 54.7 Å². The van der Waals surface area contributed by atoms with Gasteiger partial charge in [0.25, 0.3) is 0 Å². The van der Waals surface area contributed by atoms with Crippen LogP contribution in [0, 0.1) is 0 Å². The maximum absolute atomic E-state index is 2.69. The van der Waals surface area contributed by atoms with Gasteiger partial charge in [-0.3, -0.25) is 0 Å². The van der Waals surface area contributed by atoms with Gasteiger partial charge in [-0.1, -0.05) is 281 Å². The average molecular weight is 1150 g/mol. The van der Waals surface area contributed by atoms with Gasteiger partial charge in [-0.2, -0.15) is 0 Å². The van der Waals surface area contributed by atoms with E-state index in [0.717, 1.165) is 19.3 Å². The van der Waals surface area contributed by atoms with Gasteiger partial charge in [-0.05, 0) is 225 Å². The first-order valence-electron chi connectivity index (χ1n) is 33.2. The van der Waals surface area contributed by atoms with Crippen LogP contribution in [0.4, 0.5) is 0 Å². The van der Waals surface area contributed by atoms with E-state index in [9.17, 15) is 0 Å². The molecule has 13 rings (SSSR count). The van der Waals surface area contributed by atoms with E-state index in [1.807, 2.05) is 0 Å². The minimum absolute atomic E-state index is 0.0153. The first kappa shape index (κ1) is 59.5. The zero-order valence-corrected chi connectivity index (χ0v) is 57.8.